The summed E-state index contributed by atoms with van der Waals surface area (Å²) in [5.74, 6) is 0.128. The van der Waals surface area contributed by atoms with Crippen LogP contribution >= 0.6 is 0 Å². The van der Waals surface area contributed by atoms with Crippen molar-refractivity contribution in [3.05, 3.63) is 12.7 Å². The number of unbranched alkanes of at least 4 members (excludes halogenated alkanes) is 1. The highest BCUT2D eigenvalue weighted by atomic mass is 16.5. The molecule has 0 unspecified atom stereocenters. The minimum Gasteiger partial charge on any atom is -0.377 e. The lowest BCUT2D eigenvalue weighted by Gasteiger charge is -2.07. The normalized spacial score (nSPS) is 10.2. The average Bonchev–Trinajstić information content (AvgIpc) is 2.10. The summed E-state index contributed by atoms with van der Waals surface area (Å²) in [7, 11) is 0. The molecule has 1 N–H and O–H groups in total. The van der Waals surface area contributed by atoms with E-state index in [2.05, 4.69) is 11.9 Å². The van der Waals surface area contributed by atoms with E-state index >= 15 is 0 Å². The van der Waals surface area contributed by atoms with Gasteiger partial charge in [0.2, 0.25) is 5.91 Å². The van der Waals surface area contributed by atoms with E-state index in [4.69, 9.17) is 4.74 Å². The van der Waals surface area contributed by atoms with Gasteiger partial charge in [0.1, 0.15) is 0 Å². The van der Waals surface area contributed by atoms with Gasteiger partial charge in [-0.3, -0.25) is 4.79 Å². The van der Waals surface area contributed by atoms with Gasteiger partial charge in [0, 0.05) is 19.1 Å². The van der Waals surface area contributed by atoms with Crippen molar-refractivity contribution in [2.75, 3.05) is 13.2 Å². The zero-order valence-electron chi connectivity index (χ0n) is 9.21. The van der Waals surface area contributed by atoms with Crippen molar-refractivity contribution in [1.29, 1.82) is 0 Å². The maximum absolute atomic E-state index is 11.2. The van der Waals surface area contributed by atoms with Gasteiger partial charge < -0.3 is 10.1 Å². The van der Waals surface area contributed by atoms with Gasteiger partial charge in [-0.1, -0.05) is 6.08 Å². The molecule has 0 aromatic heterocycles. The number of amides is 1. The quantitative estimate of drug-likeness (QED) is 0.479. The molecule has 82 valence electrons. The maximum atomic E-state index is 11.2. The summed E-state index contributed by atoms with van der Waals surface area (Å²) >= 11 is 0. The lowest BCUT2D eigenvalue weighted by atomic mass is 10.2. The molecule has 0 saturated carbocycles. The first-order chi connectivity index (χ1) is 6.66. The summed E-state index contributed by atoms with van der Waals surface area (Å²) in [4.78, 5) is 11.2. The average molecular weight is 199 g/mol. The highest BCUT2D eigenvalue weighted by molar-refractivity contribution is 5.76. The Balaban J connectivity index is 3.19. The molecular formula is C11H21NO2. The summed E-state index contributed by atoms with van der Waals surface area (Å²) in [6.45, 7) is 8.78. The van der Waals surface area contributed by atoms with Crippen molar-refractivity contribution >= 4 is 5.91 Å². The Labute approximate surface area is 86.5 Å². The Morgan fingerprint density at radius 3 is 2.79 bits per heavy atom. The monoisotopic (exact) mass is 199 g/mol. The summed E-state index contributed by atoms with van der Waals surface area (Å²) in [6, 6.07) is 0.236. The van der Waals surface area contributed by atoms with Crippen molar-refractivity contribution in [2.45, 2.75) is 39.2 Å². The number of carbonyl (C=O) groups excluding carboxylic acids is 1. The lowest BCUT2D eigenvalue weighted by Crippen LogP contribution is -2.29. The fourth-order valence-electron chi connectivity index (χ4n) is 1.05. The summed E-state index contributed by atoms with van der Waals surface area (Å²) in [6.07, 6.45) is 4.14. The van der Waals surface area contributed by atoms with Gasteiger partial charge in [-0.25, -0.2) is 0 Å². The van der Waals surface area contributed by atoms with E-state index in [-0.39, 0.29) is 11.9 Å². The number of carbonyl (C=O) groups is 1. The highest BCUT2D eigenvalue weighted by Gasteiger charge is 2.01. The minimum atomic E-state index is 0.128. The molecule has 0 radical (unpaired) electrons. The van der Waals surface area contributed by atoms with Gasteiger partial charge >= 0.3 is 0 Å². The number of ether oxygens (including phenoxy) is 1. The van der Waals surface area contributed by atoms with Gasteiger partial charge in [0.15, 0.2) is 0 Å². The fraction of sp³-hybridized carbons (Fsp3) is 0.727. The van der Waals surface area contributed by atoms with E-state index in [0.29, 0.717) is 19.6 Å². The van der Waals surface area contributed by atoms with Crippen LogP contribution in [0.15, 0.2) is 12.7 Å². The van der Waals surface area contributed by atoms with Crippen LogP contribution in [0.3, 0.4) is 0 Å². The fourth-order valence-corrected chi connectivity index (χ4v) is 1.05. The van der Waals surface area contributed by atoms with Crippen LogP contribution in [0.25, 0.3) is 0 Å². The van der Waals surface area contributed by atoms with Crippen molar-refractivity contribution < 1.29 is 9.53 Å². The second-order valence-corrected chi connectivity index (χ2v) is 3.54. The molecule has 0 aromatic carbocycles. The van der Waals surface area contributed by atoms with Crippen LogP contribution in [0.5, 0.6) is 0 Å². The van der Waals surface area contributed by atoms with Gasteiger partial charge in [0.05, 0.1) is 6.61 Å². The molecule has 0 aliphatic heterocycles. The van der Waals surface area contributed by atoms with Crippen molar-refractivity contribution in [1.82, 2.24) is 5.32 Å². The van der Waals surface area contributed by atoms with E-state index in [1.165, 1.54) is 0 Å². The molecule has 3 nitrogen and oxygen atoms in total. The summed E-state index contributed by atoms with van der Waals surface area (Å²) in [5.41, 5.74) is 0. The third kappa shape index (κ3) is 9.26. The number of rotatable bonds is 8. The van der Waals surface area contributed by atoms with Crippen LogP contribution in [-0.2, 0) is 9.53 Å². The van der Waals surface area contributed by atoms with Crippen LogP contribution in [-0.4, -0.2) is 25.2 Å². The van der Waals surface area contributed by atoms with E-state index in [0.717, 1.165) is 12.8 Å². The zero-order chi connectivity index (χ0) is 10.8. The third-order valence-corrected chi connectivity index (χ3v) is 1.63. The van der Waals surface area contributed by atoms with Crippen molar-refractivity contribution in [3.8, 4) is 0 Å². The van der Waals surface area contributed by atoms with E-state index in [1.807, 2.05) is 13.8 Å². The molecule has 3 heteroatoms. The first-order valence-corrected chi connectivity index (χ1v) is 5.14. The SMILES string of the molecule is C=CCOCCCCC(=O)NC(C)C. The third-order valence-electron chi connectivity index (χ3n) is 1.63. The molecular weight excluding hydrogens is 178 g/mol. The van der Waals surface area contributed by atoms with Crippen molar-refractivity contribution in [2.24, 2.45) is 0 Å². The largest absolute Gasteiger partial charge is 0.377 e. The van der Waals surface area contributed by atoms with E-state index < -0.39 is 0 Å². The first kappa shape index (κ1) is 13.2. The minimum absolute atomic E-state index is 0.128. The lowest BCUT2D eigenvalue weighted by molar-refractivity contribution is -0.121. The predicted molar refractivity (Wildman–Crippen MR) is 58.1 cm³/mol. The van der Waals surface area contributed by atoms with Gasteiger partial charge in [-0.2, -0.15) is 0 Å². The molecule has 0 aliphatic carbocycles. The van der Waals surface area contributed by atoms with E-state index in [9.17, 15) is 4.79 Å². The molecule has 0 fully saturated rings. The number of hydrogen-bond acceptors (Lipinski definition) is 2. The summed E-state index contributed by atoms with van der Waals surface area (Å²) in [5, 5.41) is 2.85. The molecule has 0 spiro atoms. The van der Waals surface area contributed by atoms with Crippen LogP contribution in [0.4, 0.5) is 0 Å². The Hall–Kier alpha value is -0.830. The molecule has 0 saturated heterocycles. The number of nitrogens with one attached hydrogen (secondary N) is 1. The second kappa shape index (κ2) is 8.75. The second-order valence-electron chi connectivity index (χ2n) is 3.54. The van der Waals surface area contributed by atoms with E-state index in [1.54, 1.807) is 6.08 Å². The Morgan fingerprint density at radius 1 is 1.50 bits per heavy atom. The molecule has 0 atom stereocenters. The topological polar surface area (TPSA) is 38.3 Å². The standard InChI is InChI=1S/C11H21NO2/c1-4-8-14-9-6-5-7-11(13)12-10(2)3/h4,10H,1,5-9H2,2-3H3,(H,12,13). The molecule has 0 aromatic rings. The Bertz CT molecular complexity index is 167. The smallest absolute Gasteiger partial charge is 0.220 e. The first-order valence-electron chi connectivity index (χ1n) is 5.14. The molecule has 14 heavy (non-hydrogen) atoms. The Kier molecular flexibility index (Phi) is 8.24. The highest BCUT2D eigenvalue weighted by Crippen LogP contribution is 1.96. The summed E-state index contributed by atoms with van der Waals surface area (Å²) < 4.78 is 5.20. The molecule has 0 bridgehead atoms. The Morgan fingerprint density at radius 2 is 2.21 bits per heavy atom. The molecule has 0 heterocycles. The van der Waals surface area contributed by atoms with Crippen LogP contribution in [0.1, 0.15) is 33.1 Å². The predicted octanol–water partition coefficient (Wildman–Crippen LogP) is 1.88. The van der Waals surface area contributed by atoms with Crippen LogP contribution in [0.2, 0.25) is 0 Å². The van der Waals surface area contributed by atoms with Gasteiger partial charge in [0.25, 0.3) is 0 Å². The molecule has 1 amide bonds. The van der Waals surface area contributed by atoms with Crippen molar-refractivity contribution in [3.63, 3.8) is 0 Å². The number of hydrogen-bond donors (Lipinski definition) is 1. The molecule has 0 rings (SSSR count). The molecule has 0 aliphatic rings. The van der Waals surface area contributed by atoms with Crippen LogP contribution in [0, 0.1) is 0 Å². The van der Waals surface area contributed by atoms with Gasteiger partial charge in [-0.05, 0) is 26.7 Å². The van der Waals surface area contributed by atoms with Crippen LogP contribution < -0.4 is 5.32 Å². The maximum Gasteiger partial charge on any atom is 0.220 e. The van der Waals surface area contributed by atoms with Gasteiger partial charge in [-0.15, -0.1) is 6.58 Å². The zero-order valence-corrected chi connectivity index (χ0v) is 9.21.